The minimum absolute atomic E-state index is 0.275. The molecular weight excluding hydrogens is 687 g/mol. The molecule has 1 aromatic heterocycles. The Labute approximate surface area is 318 Å². The molecule has 0 saturated carbocycles. The molecule has 0 atom stereocenters. The zero-order chi connectivity index (χ0) is 36.8. The summed E-state index contributed by atoms with van der Waals surface area (Å²) in [6.45, 7) is 1.47. The summed E-state index contributed by atoms with van der Waals surface area (Å²) in [7, 11) is 4.20. The third-order valence-electron chi connectivity index (χ3n) is 10.9. The molecule has 0 spiro atoms. The van der Waals surface area contributed by atoms with Crippen molar-refractivity contribution in [1.82, 2.24) is 8.88 Å². The molecule has 7 aromatic carbocycles. The number of hydrogen-bond acceptors (Lipinski definition) is 5. The van der Waals surface area contributed by atoms with Crippen LogP contribution in [0.4, 0.5) is 17.1 Å². The van der Waals surface area contributed by atoms with E-state index in [1.807, 2.05) is 12.1 Å². The average molecular weight is 727 g/mol. The third-order valence-corrected chi connectivity index (χ3v) is 12.1. The van der Waals surface area contributed by atoms with Gasteiger partial charge in [-0.25, -0.2) is 4.31 Å². The number of anilines is 2. The third kappa shape index (κ3) is 6.19. The first kappa shape index (κ1) is 33.9. The summed E-state index contributed by atoms with van der Waals surface area (Å²) in [6.07, 6.45) is 1.31. The molecule has 0 amide bonds. The van der Waals surface area contributed by atoms with Crippen LogP contribution >= 0.6 is 11.9 Å². The molecule has 1 N–H and O–H groups in total. The Morgan fingerprint density at radius 3 is 1.98 bits per heavy atom. The predicted octanol–water partition coefficient (Wildman–Crippen LogP) is 10.9. The van der Waals surface area contributed by atoms with Crippen molar-refractivity contribution in [2.75, 3.05) is 32.1 Å². The maximum absolute atomic E-state index is 11.7. The number of fused-ring (bicyclic) bond motifs is 6. The largest absolute Gasteiger partial charge is 0.481 e. The number of carboxylic acids is 1. The van der Waals surface area contributed by atoms with Crippen LogP contribution < -0.4 is 14.8 Å². The highest BCUT2D eigenvalue weighted by Gasteiger charge is 2.26. The topological polar surface area (TPSA) is 59.9 Å². The Kier molecular flexibility index (Phi) is 8.89. The average Bonchev–Trinajstić information content (AvgIpc) is 3.23. The fourth-order valence-electron chi connectivity index (χ4n) is 7.83. The summed E-state index contributed by atoms with van der Waals surface area (Å²) in [5, 5.41) is 17.1. The molecule has 8 aromatic rings. The lowest BCUT2D eigenvalue weighted by Gasteiger charge is -2.29. The summed E-state index contributed by atoms with van der Waals surface area (Å²) in [5.74, 6) is -0.966. The Morgan fingerprint density at radius 2 is 1.30 bits per heavy atom. The van der Waals surface area contributed by atoms with Gasteiger partial charge >= 0.3 is 5.97 Å². The van der Waals surface area contributed by atoms with Crippen molar-refractivity contribution in [3.8, 4) is 11.1 Å². The molecule has 0 aliphatic carbocycles. The van der Waals surface area contributed by atoms with Gasteiger partial charge in [-0.2, -0.15) is 4.58 Å². The second-order valence-corrected chi connectivity index (χ2v) is 15.2. The Bertz CT molecular complexity index is 2770. The van der Waals surface area contributed by atoms with E-state index in [2.05, 4.69) is 161 Å². The highest BCUT2D eigenvalue weighted by Crippen LogP contribution is 2.45. The number of nitrogens with zero attached hydrogens (tertiary/aromatic N) is 3. The number of carbonyl (C=O) groups is 1. The van der Waals surface area contributed by atoms with E-state index >= 15 is 0 Å². The molecule has 54 heavy (non-hydrogen) atoms. The monoisotopic (exact) mass is 726 g/mol. The highest BCUT2D eigenvalue weighted by molar-refractivity contribution is 7.97. The summed E-state index contributed by atoms with van der Waals surface area (Å²) in [6, 6.07) is 51.5. The number of rotatable bonds is 7. The fraction of sp³-hybridized carbons (Fsp3) is 0.149. The standard InChI is InChI=1S/C47H39N3O3S/c1-48(34-11-5-3-6-12-34)36-19-23-38-32(29-36)17-21-41-44(40-15-9-10-16-43(40)54-50-27-25-31(26-28-50)47(51)52)42-22-18-33-30-37(49(2)35-13-7-4-8-14-35)20-24-39(33)46(42)53-45(38)41/h3-24,29-31H,25-28H2,1-2H3/p+1. The van der Waals surface area contributed by atoms with Gasteiger partial charge in [0.25, 0.3) is 0 Å². The van der Waals surface area contributed by atoms with Crippen molar-refractivity contribution < 1.29 is 14.3 Å². The van der Waals surface area contributed by atoms with Crippen LogP contribution in [-0.2, 0) is 4.79 Å². The fourth-order valence-corrected chi connectivity index (χ4v) is 8.91. The van der Waals surface area contributed by atoms with Crippen molar-refractivity contribution in [3.05, 3.63) is 151 Å². The van der Waals surface area contributed by atoms with Crippen molar-refractivity contribution >= 4 is 78.5 Å². The van der Waals surface area contributed by atoms with E-state index in [1.165, 1.54) is 0 Å². The van der Waals surface area contributed by atoms with Crippen LogP contribution in [0.3, 0.4) is 0 Å². The van der Waals surface area contributed by atoms with Crippen LogP contribution in [0.1, 0.15) is 12.8 Å². The molecule has 9 rings (SSSR count). The molecule has 1 aliphatic heterocycles. The van der Waals surface area contributed by atoms with Gasteiger partial charge in [-0.05, 0) is 95.7 Å². The van der Waals surface area contributed by atoms with E-state index in [-0.39, 0.29) is 5.92 Å². The number of para-hydroxylation sites is 2. The van der Waals surface area contributed by atoms with E-state index in [0.29, 0.717) is 12.8 Å². The first-order chi connectivity index (χ1) is 26.4. The van der Waals surface area contributed by atoms with Gasteiger partial charge < -0.3 is 14.4 Å². The zero-order valence-electron chi connectivity index (χ0n) is 30.3. The molecule has 1 fully saturated rings. The minimum Gasteiger partial charge on any atom is -0.481 e. The predicted molar refractivity (Wildman–Crippen MR) is 224 cm³/mol. The van der Waals surface area contributed by atoms with Gasteiger partial charge in [-0.1, -0.05) is 66.7 Å². The quantitative estimate of drug-likeness (QED) is 0.0764. The van der Waals surface area contributed by atoms with Gasteiger partial charge in [0, 0.05) is 87.8 Å². The van der Waals surface area contributed by atoms with Crippen molar-refractivity contribution in [1.29, 1.82) is 0 Å². The van der Waals surface area contributed by atoms with E-state index in [9.17, 15) is 9.90 Å². The van der Waals surface area contributed by atoms with E-state index < -0.39 is 5.97 Å². The molecule has 6 nitrogen and oxygen atoms in total. The zero-order valence-corrected chi connectivity index (χ0v) is 31.1. The Morgan fingerprint density at radius 1 is 0.704 bits per heavy atom. The van der Waals surface area contributed by atoms with Crippen molar-refractivity contribution in [2.24, 2.45) is 5.92 Å². The molecule has 2 heterocycles. The van der Waals surface area contributed by atoms with E-state index in [1.54, 1.807) is 11.9 Å². The van der Waals surface area contributed by atoms with Crippen LogP contribution in [0.25, 0.3) is 54.6 Å². The maximum atomic E-state index is 11.7. The molecule has 0 unspecified atom stereocenters. The number of piperidine rings is 1. The summed E-state index contributed by atoms with van der Waals surface area (Å²) in [4.78, 5) is 15.0. The van der Waals surface area contributed by atoms with E-state index in [0.717, 1.165) is 95.0 Å². The summed E-state index contributed by atoms with van der Waals surface area (Å²) >= 11 is 1.73. The Balaban J connectivity index is 1.26. The lowest BCUT2D eigenvalue weighted by Crippen LogP contribution is -2.32. The van der Waals surface area contributed by atoms with Gasteiger partial charge in [0.1, 0.15) is 18.2 Å². The van der Waals surface area contributed by atoms with Gasteiger partial charge in [0.05, 0.1) is 5.92 Å². The Hall–Kier alpha value is -5.89. The molecule has 0 bridgehead atoms. The maximum Gasteiger partial charge on any atom is 0.306 e. The van der Waals surface area contributed by atoms with Gasteiger partial charge in [-0.15, -0.1) is 0 Å². The van der Waals surface area contributed by atoms with Crippen LogP contribution in [0, 0.1) is 5.92 Å². The van der Waals surface area contributed by atoms with Gasteiger partial charge in [0.2, 0.25) is 11.0 Å². The van der Waals surface area contributed by atoms with Gasteiger partial charge in [-0.3, -0.25) is 4.79 Å². The number of carboxylic acid groups (broad SMARTS) is 1. The lowest BCUT2D eigenvalue weighted by molar-refractivity contribution is -0.142. The van der Waals surface area contributed by atoms with Crippen LogP contribution in [0.2, 0.25) is 0 Å². The number of hydrogen-bond donors (Lipinski definition) is 1. The highest BCUT2D eigenvalue weighted by atomic mass is 32.2. The summed E-state index contributed by atoms with van der Waals surface area (Å²) in [5.41, 5.74) is 7.32. The molecule has 0 radical (unpaired) electrons. The minimum atomic E-state index is -0.692. The van der Waals surface area contributed by atoms with Crippen molar-refractivity contribution in [3.63, 3.8) is 0 Å². The van der Waals surface area contributed by atoms with Crippen LogP contribution in [-0.4, -0.2) is 42.6 Å². The lowest BCUT2D eigenvalue weighted by atomic mass is 9.93. The number of aliphatic carboxylic acids is 1. The summed E-state index contributed by atoms with van der Waals surface area (Å²) < 4.78 is 11.6. The SMILES string of the molecule is CN(c1ccccc1)c1ccc2c(ccc3c(-c4ccccc4SN4CCC(C(=O)O)CC4)c4ccc5cc(=[N+](C)c6ccccc6)ccc5c4oc32)c1. The first-order valence-electron chi connectivity index (χ1n) is 18.4. The second-order valence-electron chi connectivity index (χ2n) is 14.1. The normalized spacial score (nSPS) is 14.6. The van der Waals surface area contributed by atoms with Crippen LogP contribution in [0.5, 0.6) is 0 Å². The van der Waals surface area contributed by atoms with Crippen LogP contribution in [0.15, 0.2) is 155 Å². The molecule has 7 heteroatoms. The van der Waals surface area contributed by atoms with Gasteiger partial charge in [0.15, 0.2) is 0 Å². The van der Waals surface area contributed by atoms with E-state index in [4.69, 9.17) is 4.42 Å². The molecular formula is C47H40N3O3S+. The molecule has 1 saturated heterocycles. The number of benzene rings is 7. The first-order valence-corrected chi connectivity index (χ1v) is 19.2. The molecule has 266 valence electrons. The molecule has 1 aliphatic rings. The van der Waals surface area contributed by atoms with Crippen molar-refractivity contribution in [2.45, 2.75) is 17.7 Å². The second kappa shape index (κ2) is 14.2. The smallest absolute Gasteiger partial charge is 0.306 e.